The minimum Gasteiger partial charge on any atom is -0.478 e. The third kappa shape index (κ3) is 3.79. The highest BCUT2D eigenvalue weighted by molar-refractivity contribution is 7.92. The average Bonchev–Trinajstić information content (AvgIpc) is 3.06. The van der Waals surface area contributed by atoms with Crippen molar-refractivity contribution in [3.63, 3.8) is 0 Å². The van der Waals surface area contributed by atoms with Gasteiger partial charge in [0.2, 0.25) is 0 Å². The van der Waals surface area contributed by atoms with Crippen molar-refractivity contribution < 1.29 is 22.6 Å². The molecule has 0 atom stereocenters. The third-order valence-electron chi connectivity index (χ3n) is 3.60. The molecule has 0 saturated heterocycles. The van der Waals surface area contributed by atoms with Crippen LogP contribution in [-0.4, -0.2) is 37.8 Å². The van der Waals surface area contributed by atoms with Crippen molar-refractivity contribution in [2.45, 2.75) is 13.8 Å². The van der Waals surface area contributed by atoms with Crippen molar-refractivity contribution in [3.8, 4) is 0 Å². The smallest absolute Gasteiger partial charge is 0.339 e. The van der Waals surface area contributed by atoms with Crippen LogP contribution in [0.25, 0.3) is 11.2 Å². The number of nitrogens with one attached hydrogen (secondary N) is 2. The van der Waals surface area contributed by atoms with Crippen LogP contribution in [0.15, 0.2) is 24.5 Å². The lowest BCUT2D eigenvalue weighted by Crippen LogP contribution is -2.11. The molecule has 0 amide bonds. The van der Waals surface area contributed by atoms with Gasteiger partial charge in [-0.2, -0.15) is 0 Å². The van der Waals surface area contributed by atoms with E-state index in [1.54, 1.807) is 0 Å². The minimum atomic E-state index is -1.36. The van der Waals surface area contributed by atoms with Crippen LogP contribution in [0, 0.1) is 17.0 Å². The largest absolute Gasteiger partial charge is 0.478 e. The van der Waals surface area contributed by atoms with Gasteiger partial charge in [-0.1, -0.05) is 13.8 Å². The minimum absolute atomic E-state index is 0.0183. The lowest BCUT2D eigenvalue weighted by atomic mass is 10.0. The number of hydrogen-bond acceptors (Lipinski definition) is 6. The molecular weight excluding hydrogens is 395 g/mol. The summed E-state index contributed by atoms with van der Waals surface area (Å²) in [6, 6.07) is 1.63. The van der Waals surface area contributed by atoms with Gasteiger partial charge in [0.15, 0.2) is 18.0 Å². The average molecular weight is 411 g/mol. The van der Waals surface area contributed by atoms with E-state index in [4.69, 9.17) is 5.41 Å². The fourth-order valence-electron chi connectivity index (χ4n) is 2.45. The highest BCUT2D eigenvalue weighted by Crippen LogP contribution is 2.26. The van der Waals surface area contributed by atoms with Gasteiger partial charge in [-0.25, -0.2) is 27.5 Å². The molecule has 0 unspecified atom stereocenters. The van der Waals surface area contributed by atoms with Gasteiger partial charge in [0.05, 0.1) is 17.5 Å². The molecule has 0 radical (unpaired) electrons. The zero-order chi connectivity index (χ0) is 21.0. The predicted octanol–water partition coefficient (Wildman–Crippen LogP) is 4.27. The second-order valence-corrected chi connectivity index (χ2v) is 5.64. The Kier molecular flexibility index (Phi) is 6.62. The number of carboxylic acid groups (broad SMARTS) is 1. The number of aromatic carboxylic acids is 1. The van der Waals surface area contributed by atoms with Gasteiger partial charge in [0.25, 0.3) is 0 Å². The van der Waals surface area contributed by atoms with E-state index in [0.717, 1.165) is 22.4 Å². The first kappa shape index (κ1) is 21.2. The van der Waals surface area contributed by atoms with Crippen molar-refractivity contribution in [2.24, 2.45) is 0 Å². The molecule has 148 valence electrons. The maximum Gasteiger partial charge on any atom is 0.339 e. The number of carboxylic acids is 1. The molecule has 0 aliphatic rings. The van der Waals surface area contributed by atoms with E-state index in [1.807, 2.05) is 13.8 Å². The summed E-state index contributed by atoms with van der Waals surface area (Å²) in [5.41, 5.74) is -1.34. The molecule has 2 aromatic heterocycles. The Bertz CT molecular complexity index is 1050. The van der Waals surface area contributed by atoms with Gasteiger partial charge in [-0.3, -0.25) is 5.41 Å². The topological polar surface area (TPSA) is 104 Å². The summed E-state index contributed by atoms with van der Waals surface area (Å²) >= 11 is -0.257. The van der Waals surface area contributed by atoms with Gasteiger partial charge in [0.1, 0.15) is 28.4 Å². The summed E-state index contributed by atoms with van der Waals surface area (Å²) in [6.45, 7) is 4.00. The highest BCUT2D eigenvalue weighted by Gasteiger charge is 2.22. The molecular formula is C17H16F3N5O2S. The molecule has 7 nitrogen and oxygen atoms in total. The number of rotatable bonds is 5. The van der Waals surface area contributed by atoms with Crippen LogP contribution in [0.1, 0.15) is 35.5 Å². The monoisotopic (exact) mass is 411 g/mol. The van der Waals surface area contributed by atoms with E-state index in [9.17, 15) is 22.6 Å². The van der Waals surface area contributed by atoms with Crippen molar-refractivity contribution in [2.75, 3.05) is 12.4 Å². The summed E-state index contributed by atoms with van der Waals surface area (Å²) in [7, 11) is 1.43. The van der Waals surface area contributed by atoms with Gasteiger partial charge < -0.3 is 10.4 Å². The first-order chi connectivity index (χ1) is 13.4. The van der Waals surface area contributed by atoms with Crippen molar-refractivity contribution >= 4 is 40.9 Å². The Hall–Kier alpha value is -3.08. The molecule has 0 spiro atoms. The highest BCUT2D eigenvalue weighted by atomic mass is 32.2. The molecule has 28 heavy (non-hydrogen) atoms. The molecule has 0 fully saturated rings. The Labute approximate surface area is 162 Å². The molecule has 2 heterocycles. The van der Waals surface area contributed by atoms with Crippen LogP contribution in [0.5, 0.6) is 0 Å². The standard InChI is InChI=1S/C15H10F3N5O2S.C2H6/c1-20-9-3-6(16)2-8(17)11(9)12(19)10-4-21-14-13(22-10)7(15(24)25)5-23(14)26-18;1-2/h2-5,19-20H,1H3,(H,24,25);1-2H3. The van der Waals surface area contributed by atoms with E-state index in [1.165, 1.54) is 7.05 Å². The number of fused-ring (bicyclic) bond motifs is 1. The number of nitrogens with zero attached hydrogens (tertiary/aromatic N) is 3. The molecule has 3 aromatic rings. The fourth-order valence-corrected chi connectivity index (χ4v) is 2.79. The number of aromatic nitrogens is 3. The van der Waals surface area contributed by atoms with Gasteiger partial charge in [-0.15, -0.1) is 3.89 Å². The zero-order valence-corrected chi connectivity index (χ0v) is 15.9. The van der Waals surface area contributed by atoms with Gasteiger partial charge >= 0.3 is 5.97 Å². The first-order valence-electron chi connectivity index (χ1n) is 8.04. The Balaban J connectivity index is 0.00000136. The van der Waals surface area contributed by atoms with Gasteiger partial charge in [-0.05, 0) is 6.07 Å². The number of hydrogen-bond donors (Lipinski definition) is 3. The Morgan fingerprint density at radius 1 is 1.32 bits per heavy atom. The second-order valence-electron chi connectivity index (χ2n) is 5.11. The van der Waals surface area contributed by atoms with Crippen LogP contribution >= 0.6 is 12.3 Å². The normalized spacial score (nSPS) is 10.4. The molecule has 0 aliphatic heterocycles. The maximum atomic E-state index is 14.2. The molecule has 11 heteroatoms. The van der Waals surface area contributed by atoms with Crippen LogP contribution < -0.4 is 5.32 Å². The molecule has 3 rings (SSSR count). The number of halogens is 3. The van der Waals surface area contributed by atoms with E-state index in [2.05, 4.69) is 15.3 Å². The maximum absolute atomic E-state index is 14.2. The van der Waals surface area contributed by atoms with Crippen molar-refractivity contribution in [3.05, 3.63) is 53.0 Å². The molecule has 0 aliphatic carbocycles. The van der Waals surface area contributed by atoms with Crippen molar-refractivity contribution in [1.82, 2.24) is 13.9 Å². The van der Waals surface area contributed by atoms with E-state index < -0.39 is 23.3 Å². The summed E-state index contributed by atoms with van der Waals surface area (Å²) in [4.78, 5) is 19.3. The van der Waals surface area contributed by atoms with Crippen molar-refractivity contribution in [1.29, 1.82) is 5.41 Å². The third-order valence-corrected chi connectivity index (χ3v) is 4.03. The van der Waals surface area contributed by atoms with Crippen LogP contribution in [0.2, 0.25) is 0 Å². The molecule has 0 saturated carbocycles. The molecule has 3 N–H and O–H groups in total. The predicted molar refractivity (Wildman–Crippen MR) is 102 cm³/mol. The summed E-state index contributed by atoms with van der Waals surface area (Å²) in [6.07, 6.45) is 2.09. The fraction of sp³-hybridized carbons (Fsp3) is 0.176. The molecule has 0 bridgehead atoms. The second kappa shape index (κ2) is 8.74. The zero-order valence-electron chi connectivity index (χ0n) is 15.0. The lowest BCUT2D eigenvalue weighted by molar-refractivity contribution is 0.0699. The number of benzene rings is 1. The summed E-state index contributed by atoms with van der Waals surface area (Å²) in [5, 5.41) is 20.0. The van der Waals surface area contributed by atoms with Gasteiger partial charge in [0, 0.05) is 25.0 Å². The Morgan fingerprint density at radius 2 is 2.00 bits per heavy atom. The molecule has 1 aromatic carbocycles. The van der Waals surface area contributed by atoms with Crippen LogP contribution in [0.4, 0.5) is 18.4 Å². The van der Waals surface area contributed by atoms with E-state index in [-0.39, 0.29) is 46.0 Å². The lowest BCUT2D eigenvalue weighted by Gasteiger charge is -2.11. The van der Waals surface area contributed by atoms with E-state index >= 15 is 0 Å². The van der Waals surface area contributed by atoms with Crippen LogP contribution in [0.3, 0.4) is 0 Å². The Morgan fingerprint density at radius 3 is 2.57 bits per heavy atom. The summed E-state index contributed by atoms with van der Waals surface area (Å²) < 4.78 is 41.4. The van der Waals surface area contributed by atoms with E-state index in [0.29, 0.717) is 6.07 Å². The number of carbonyl (C=O) groups is 1. The van der Waals surface area contributed by atoms with Crippen LogP contribution in [-0.2, 0) is 0 Å². The summed E-state index contributed by atoms with van der Waals surface area (Å²) in [5.74, 6) is -3.17. The first-order valence-corrected chi connectivity index (χ1v) is 8.71. The SMILES string of the molecule is CC.CNc1cc(F)cc(F)c1C(=N)c1cnc2c(n1)c(C(=O)O)cn2SF. The quantitative estimate of drug-likeness (QED) is 0.542. The number of anilines is 1.